The summed E-state index contributed by atoms with van der Waals surface area (Å²) in [6.07, 6.45) is 2.60. The van der Waals surface area contributed by atoms with E-state index in [1.165, 1.54) is 0 Å². The molecule has 5 heteroatoms. The molecular weight excluding hydrogens is 242 g/mol. The first kappa shape index (κ1) is 13.5. The first-order valence-corrected chi connectivity index (χ1v) is 6.55. The second-order valence-electron chi connectivity index (χ2n) is 4.89. The zero-order valence-electron chi connectivity index (χ0n) is 10.8. The van der Waals surface area contributed by atoms with Crippen molar-refractivity contribution in [3.8, 4) is 0 Å². The van der Waals surface area contributed by atoms with Gasteiger partial charge in [-0.05, 0) is 50.0 Å². The third-order valence-corrected chi connectivity index (χ3v) is 3.36. The SMILES string of the molecule is NC(=O)c1cccc(NC(=O)CC2CCNCC2)c1. The van der Waals surface area contributed by atoms with Crippen LogP contribution in [0.4, 0.5) is 5.69 Å². The van der Waals surface area contributed by atoms with Gasteiger partial charge < -0.3 is 16.4 Å². The van der Waals surface area contributed by atoms with Gasteiger partial charge in [-0.25, -0.2) is 0 Å². The first-order valence-electron chi connectivity index (χ1n) is 6.55. The molecule has 1 aromatic rings. The number of piperidine rings is 1. The molecule has 1 saturated heterocycles. The van der Waals surface area contributed by atoms with E-state index in [-0.39, 0.29) is 5.91 Å². The average Bonchev–Trinajstić information content (AvgIpc) is 2.40. The highest BCUT2D eigenvalue weighted by atomic mass is 16.2. The molecule has 1 aliphatic heterocycles. The highest BCUT2D eigenvalue weighted by Gasteiger charge is 2.16. The van der Waals surface area contributed by atoms with Gasteiger partial charge in [0.05, 0.1) is 0 Å². The highest BCUT2D eigenvalue weighted by molar-refractivity contribution is 5.96. The maximum Gasteiger partial charge on any atom is 0.248 e. The van der Waals surface area contributed by atoms with Gasteiger partial charge in [0.25, 0.3) is 0 Å². The van der Waals surface area contributed by atoms with Gasteiger partial charge in [-0.15, -0.1) is 0 Å². The van der Waals surface area contributed by atoms with Crippen molar-refractivity contribution >= 4 is 17.5 Å². The second kappa shape index (κ2) is 6.33. The maximum absolute atomic E-state index is 11.9. The molecule has 1 aliphatic rings. The Morgan fingerprint density at radius 3 is 2.74 bits per heavy atom. The molecule has 0 saturated carbocycles. The summed E-state index contributed by atoms with van der Waals surface area (Å²) in [6.45, 7) is 1.96. The predicted octanol–water partition coefficient (Wildman–Crippen LogP) is 1.11. The summed E-state index contributed by atoms with van der Waals surface area (Å²) >= 11 is 0. The molecule has 0 atom stereocenters. The molecule has 0 spiro atoms. The molecule has 0 aliphatic carbocycles. The number of amides is 2. The summed E-state index contributed by atoms with van der Waals surface area (Å²) in [5.41, 5.74) is 6.23. The number of benzene rings is 1. The molecule has 0 bridgehead atoms. The Balaban J connectivity index is 1.90. The number of hydrogen-bond acceptors (Lipinski definition) is 3. The van der Waals surface area contributed by atoms with E-state index in [4.69, 9.17) is 5.73 Å². The van der Waals surface area contributed by atoms with Crippen LogP contribution in [0.25, 0.3) is 0 Å². The Morgan fingerprint density at radius 2 is 2.05 bits per heavy atom. The number of nitrogens with one attached hydrogen (secondary N) is 2. The molecule has 0 unspecified atom stereocenters. The highest BCUT2D eigenvalue weighted by Crippen LogP contribution is 2.17. The lowest BCUT2D eigenvalue weighted by Gasteiger charge is -2.21. The van der Waals surface area contributed by atoms with Gasteiger partial charge in [-0.1, -0.05) is 6.07 Å². The monoisotopic (exact) mass is 261 g/mol. The van der Waals surface area contributed by atoms with E-state index in [9.17, 15) is 9.59 Å². The summed E-state index contributed by atoms with van der Waals surface area (Å²) < 4.78 is 0. The number of primary amides is 1. The van der Waals surface area contributed by atoms with Gasteiger partial charge in [0.1, 0.15) is 0 Å². The van der Waals surface area contributed by atoms with E-state index in [1.807, 2.05) is 0 Å². The number of anilines is 1. The smallest absolute Gasteiger partial charge is 0.248 e. The van der Waals surface area contributed by atoms with Crippen molar-refractivity contribution in [2.24, 2.45) is 11.7 Å². The number of rotatable bonds is 4. The van der Waals surface area contributed by atoms with Gasteiger partial charge >= 0.3 is 0 Å². The molecule has 19 heavy (non-hydrogen) atoms. The number of carbonyl (C=O) groups excluding carboxylic acids is 2. The van der Waals surface area contributed by atoms with Crippen LogP contribution in [0.1, 0.15) is 29.6 Å². The number of nitrogens with two attached hydrogens (primary N) is 1. The molecule has 2 amide bonds. The predicted molar refractivity (Wildman–Crippen MR) is 73.8 cm³/mol. The normalized spacial score (nSPS) is 16.0. The molecule has 5 nitrogen and oxygen atoms in total. The van der Waals surface area contributed by atoms with E-state index >= 15 is 0 Å². The van der Waals surface area contributed by atoms with Crippen LogP contribution in [-0.2, 0) is 4.79 Å². The van der Waals surface area contributed by atoms with Crippen LogP contribution in [0.2, 0.25) is 0 Å². The Morgan fingerprint density at radius 1 is 1.32 bits per heavy atom. The fourth-order valence-corrected chi connectivity index (χ4v) is 2.31. The van der Waals surface area contributed by atoms with E-state index in [2.05, 4.69) is 10.6 Å². The second-order valence-corrected chi connectivity index (χ2v) is 4.89. The number of carbonyl (C=O) groups is 2. The molecule has 1 aromatic carbocycles. The van der Waals surface area contributed by atoms with E-state index in [0.717, 1.165) is 25.9 Å². The van der Waals surface area contributed by atoms with Crippen molar-refractivity contribution in [1.29, 1.82) is 0 Å². The average molecular weight is 261 g/mol. The standard InChI is InChI=1S/C14H19N3O2/c15-14(19)11-2-1-3-12(9-11)17-13(18)8-10-4-6-16-7-5-10/h1-3,9-10,16H,4-8H2,(H2,15,19)(H,17,18). The minimum absolute atomic E-state index is 0.00600. The lowest BCUT2D eigenvalue weighted by atomic mass is 9.94. The summed E-state index contributed by atoms with van der Waals surface area (Å²) in [5.74, 6) is -0.0523. The largest absolute Gasteiger partial charge is 0.366 e. The van der Waals surface area contributed by atoms with Crippen LogP contribution in [-0.4, -0.2) is 24.9 Å². The van der Waals surface area contributed by atoms with Crippen LogP contribution >= 0.6 is 0 Å². The zero-order valence-corrected chi connectivity index (χ0v) is 10.8. The van der Waals surface area contributed by atoms with E-state index in [0.29, 0.717) is 23.6 Å². The molecule has 1 fully saturated rings. The topological polar surface area (TPSA) is 84.2 Å². The van der Waals surface area contributed by atoms with Gasteiger partial charge in [-0.3, -0.25) is 9.59 Å². The quantitative estimate of drug-likeness (QED) is 0.759. The van der Waals surface area contributed by atoms with Crippen molar-refractivity contribution in [2.75, 3.05) is 18.4 Å². The molecule has 0 radical (unpaired) electrons. The van der Waals surface area contributed by atoms with E-state index < -0.39 is 5.91 Å². The summed E-state index contributed by atoms with van der Waals surface area (Å²) in [6, 6.07) is 6.69. The fraction of sp³-hybridized carbons (Fsp3) is 0.429. The third kappa shape index (κ3) is 4.06. The fourth-order valence-electron chi connectivity index (χ4n) is 2.31. The Bertz CT molecular complexity index is 468. The molecule has 2 rings (SSSR count). The van der Waals surface area contributed by atoms with Crippen LogP contribution < -0.4 is 16.4 Å². The Kier molecular flexibility index (Phi) is 4.52. The van der Waals surface area contributed by atoms with Crippen molar-refractivity contribution < 1.29 is 9.59 Å². The molecule has 0 aromatic heterocycles. The summed E-state index contributed by atoms with van der Waals surface area (Å²) in [5, 5.41) is 6.09. The van der Waals surface area contributed by atoms with Crippen LogP contribution in [0.3, 0.4) is 0 Å². The van der Waals surface area contributed by atoms with Crippen LogP contribution in [0.15, 0.2) is 24.3 Å². The first-order chi connectivity index (χ1) is 9.15. The van der Waals surface area contributed by atoms with Gasteiger partial charge in [0.2, 0.25) is 11.8 Å². The summed E-state index contributed by atoms with van der Waals surface area (Å²) in [4.78, 5) is 23.0. The third-order valence-electron chi connectivity index (χ3n) is 3.36. The van der Waals surface area contributed by atoms with E-state index in [1.54, 1.807) is 24.3 Å². The van der Waals surface area contributed by atoms with Gasteiger partial charge in [-0.2, -0.15) is 0 Å². The van der Waals surface area contributed by atoms with Crippen molar-refractivity contribution in [2.45, 2.75) is 19.3 Å². The van der Waals surface area contributed by atoms with Gasteiger partial charge in [0.15, 0.2) is 0 Å². The lowest BCUT2D eigenvalue weighted by Crippen LogP contribution is -2.30. The molecule has 1 heterocycles. The molecule has 102 valence electrons. The molecule has 4 N–H and O–H groups in total. The maximum atomic E-state index is 11.9. The minimum Gasteiger partial charge on any atom is -0.366 e. The molecular formula is C14H19N3O2. The lowest BCUT2D eigenvalue weighted by molar-refractivity contribution is -0.117. The van der Waals surface area contributed by atoms with Crippen molar-refractivity contribution in [1.82, 2.24) is 5.32 Å². The zero-order chi connectivity index (χ0) is 13.7. The minimum atomic E-state index is -0.491. The van der Waals surface area contributed by atoms with Crippen molar-refractivity contribution in [3.63, 3.8) is 0 Å². The Labute approximate surface area is 112 Å². The van der Waals surface area contributed by atoms with Gasteiger partial charge in [0, 0.05) is 17.7 Å². The Hall–Kier alpha value is -1.88. The number of hydrogen-bond donors (Lipinski definition) is 3. The summed E-state index contributed by atoms with van der Waals surface area (Å²) in [7, 11) is 0. The van der Waals surface area contributed by atoms with Crippen LogP contribution in [0.5, 0.6) is 0 Å². The van der Waals surface area contributed by atoms with Crippen molar-refractivity contribution in [3.05, 3.63) is 29.8 Å². The van der Waals surface area contributed by atoms with Crippen LogP contribution in [0, 0.1) is 5.92 Å².